The third kappa shape index (κ3) is 3.12. The van der Waals surface area contributed by atoms with E-state index in [2.05, 4.69) is 12.0 Å². The highest BCUT2D eigenvalue weighted by Gasteiger charge is 2.15. The number of carboxylic acids is 1. The molecule has 1 N–H and O–H groups in total. The highest BCUT2D eigenvalue weighted by molar-refractivity contribution is 6.30. The summed E-state index contributed by atoms with van der Waals surface area (Å²) < 4.78 is 1.63. The monoisotopic (exact) mass is 326 g/mol. The number of carboxylic acid groups (broad SMARTS) is 1. The number of benzene rings is 2. The number of hydrogen-bond donors (Lipinski definition) is 1. The molecule has 0 saturated heterocycles. The third-order valence-electron chi connectivity index (χ3n) is 3.66. The lowest BCUT2D eigenvalue weighted by Crippen LogP contribution is -2.02. The molecule has 0 radical (unpaired) electrons. The van der Waals surface area contributed by atoms with Crippen LogP contribution in [0.5, 0.6) is 0 Å². The fourth-order valence-corrected chi connectivity index (χ4v) is 2.51. The summed E-state index contributed by atoms with van der Waals surface area (Å²) in [6, 6.07) is 16.7. The molecular weight excluding hydrogens is 312 g/mol. The second-order valence-corrected chi connectivity index (χ2v) is 5.60. The largest absolute Gasteiger partial charge is 0.476 e. The van der Waals surface area contributed by atoms with Crippen LogP contribution in [0.3, 0.4) is 0 Å². The highest BCUT2D eigenvalue weighted by atomic mass is 35.5. The van der Waals surface area contributed by atoms with Crippen molar-refractivity contribution < 1.29 is 9.90 Å². The Morgan fingerprint density at radius 3 is 2.35 bits per heavy atom. The molecule has 4 nitrogen and oxygen atoms in total. The van der Waals surface area contributed by atoms with Gasteiger partial charge in [-0.3, -0.25) is 0 Å². The molecule has 0 aliphatic heterocycles. The maximum Gasteiger partial charge on any atom is 0.356 e. The van der Waals surface area contributed by atoms with Gasteiger partial charge in [0, 0.05) is 10.6 Å². The summed E-state index contributed by atoms with van der Waals surface area (Å²) >= 11 is 5.92. The smallest absolute Gasteiger partial charge is 0.356 e. The summed E-state index contributed by atoms with van der Waals surface area (Å²) in [7, 11) is 0. The molecule has 0 amide bonds. The predicted molar refractivity (Wildman–Crippen MR) is 90.3 cm³/mol. The predicted octanol–water partition coefficient (Wildman–Crippen LogP) is 4.45. The number of aromatic nitrogens is 2. The van der Waals surface area contributed by atoms with Gasteiger partial charge in [-0.1, -0.05) is 42.8 Å². The Labute approximate surface area is 139 Å². The second-order valence-electron chi connectivity index (χ2n) is 5.16. The van der Waals surface area contributed by atoms with E-state index in [-0.39, 0.29) is 5.69 Å². The molecule has 0 saturated carbocycles. The molecule has 0 fully saturated rings. The van der Waals surface area contributed by atoms with Crippen LogP contribution in [-0.4, -0.2) is 20.9 Å². The molecule has 0 bridgehead atoms. The summed E-state index contributed by atoms with van der Waals surface area (Å²) in [4.78, 5) is 11.3. The Balaban J connectivity index is 2.13. The fourth-order valence-electron chi connectivity index (χ4n) is 2.38. The molecule has 0 aliphatic carbocycles. The molecule has 0 atom stereocenters. The summed E-state index contributed by atoms with van der Waals surface area (Å²) in [5.74, 6) is -1.05. The van der Waals surface area contributed by atoms with Crippen LogP contribution >= 0.6 is 11.6 Å². The molecule has 3 aromatic rings. The Morgan fingerprint density at radius 2 is 1.78 bits per heavy atom. The van der Waals surface area contributed by atoms with E-state index in [1.54, 1.807) is 22.9 Å². The van der Waals surface area contributed by atoms with Crippen molar-refractivity contribution in [2.45, 2.75) is 13.3 Å². The summed E-state index contributed by atoms with van der Waals surface area (Å²) in [5, 5.41) is 14.1. The highest BCUT2D eigenvalue weighted by Crippen LogP contribution is 2.25. The molecule has 23 heavy (non-hydrogen) atoms. The van der Waals surface area contributed by atoms with Crippen LogP contribution in [0.4, 0.5) is 0 Å². The van der Waals surface area contributed by atoms with Crippen molar-refractivity contribution >= 4 is 17.6 Å². The molecule has 5 heteroatoms. The van der Waals surface area contributed by atoms with E-state index < -0.39 is 5.97 Å². The van der Waals surface area contributed by atoms with Crippen molar-refractivity contribution in [1.82, 2.24) is 9.78 Å². The minimum atomic E-state index is -1.05. The standard InChI is InChI=1S/C18H15ClN2O2/c1-2-12-3-5-13(6-4-12)17-11-16(18(22)23)20-21(17)15-9-7-14(19)8-10-15/h3-11H,2H2,1H3,(H,22,23). The van der Waals surface area contributed by atoms with Crippen LogP contribution in [0, 0.1) is 0 Å². The van der Waals surface area contributed by atoms with Crippen LogP contribution < -0.4 is 0 Å². The molecule has 116 valence electrons. The topological polar surface area (TPSA) is 55.1 Å². The molecular formula is C18H15ClN2O2. The van der Waals surface area contributed by atoms with Crippen molar-refractivity contribution in [2.24, 2.45) is 0 Å². The Kier molecular flexibility index (Phi) is 4.17. The van der Waals surface area contributed by atoms with Crippen LogP contribution in [0.2, 0.25) is 5.02 Å². The molecule has 0 spiro atoms. The van der Waals surface area contributed by atoms with Gasteiger partial charge in [-0.25, -0.2) is 9.48 Å². The van der Waals surface area contributed by atoms with Gasteiger partial charge >= 0.3 is 5.97 Å². The van der Waals surface area contributed by atoms with Gasteiger partial charge in [0.05, 0.1) is 11.4 Å². The van der Waals surface area contributed by atoms with Crippen molar-refractivity contribution in [2.75, 3.05) is 0 Å². The maximum absolute atomic E-state index is 11.3. The third-order valence-corrected chi connectivity index (χ3v) is 3.91. The number of aromatic carboxylic acids is 1. The summed E-state index contributed by atoms with van der Waals surface area (Å²) in [6.45, 7) is 2.09. The molecule has 1 aromatic heterocycles. The quantitative estimate of drug-likeness (QED) is 0.770. The van der Waals surface area contributed by atoms with E-state index >= 15 is 0 Å². The van der Waals surface area contributed by atoms with Gasteiger partial charge in [0.1, 0.15) is 0 Å². The van der Waals surface area contributed by atoms with Gasteiger partial charge in [0.25, 0.3) is 0 Å². The van der Waals surface area contributed by atoms with E-state index in [1.165, 1.54) is 5.56 Å². The first-order valence-corrected chi connectivity index (χ1v) is 7.65. The van der Waals surface area contributed by atoms with Crippen molar-refractivity contribution in [3.63, 3.8) is 0 Å². The van der Waals surface area contributed by atoms with Gasteiger partial charge in [0.2, 0.25) is 0 Å². The lowest BCUT2D eigenvalue weighted by molar-refractivity contribution is 0.0690. The lowest BCUT2D eigenvalue weighted by atomic mass is 10.1. The van der Waals surface area contributed by atoms with Crippen molar-refractivity contribution in [3.05, 3.63) is 70.9 Å². The first-order valence-electron chi connectivity index (χ1n) is 7.27. The van der Waals surface area contributed by atoms with Crippen LogP contribution in [0.25, 0.3) is 16.9 Å². The Bertz CT molecular complexity index is 836. The van der Waals surface area contributed by atoms with Crippen LogP contribution in [-0.2, 0) is 6.42 Å². The molecule has 1 heterocycles. The summed E-state index contributed by atoms with van der Waals surface area (Å²) in [6.07, 6.45) is 0.955. The molecule has 2 aromatic carbocycles. The number of hydrogen-bond acceptors (Lipinski definition) is 2. The van der Waals surface area contributed by atoms with Gasteiger partial charge < -0.3 is 5.11 Å². The zero-order chi connectivity index (χ0) is 16.4. The van der Waals surface area contributed by atoms with E-state index in [0.717, 1.165) is 23.4 Å². The fraction of sp³-hybridized carbons (Fsp3) is 0.111. The van der Waals surface area contributed by atoms with Crippen LogP contribution in [0.15, 0.2) is 54.6 Å². The van der Waals surface area contributed by atoms with Crippen LogP contribution in [0.1, 0.15) is 23.0 Å². The summed E-state index contributed by atoms with van der Waals surface area (Å²) in [5.41, 5.74) is 3.64. The minimum absolute atomic E-state index is 0.00881. The number of aryl methyl sites for hydroxylation is 1. The zero-order valence-electron chi connectivity index (χ0n) is 12.5. The zero-order valence-corrected chi connectivity index (χ0v) is 13.3. The average molecular weight is 327 g/mol. The lowest BCUT2D eigenvalue weighted by Gasteiger charge is -2.08. The van der Waals surface area contributed by atoms with Gasteiger partial charge in [-0.05, 0) is 42.3 Å². The maximum atomic E-state index is 11.3. The van der Waals surface area contributed by atoms with E-state index in [9.17, 15) is 9.90 Å². The number of rotatable bonds is 4. The van der Waals surface area contributed by atoms with E-state index in [0.29, 0.717) is 5.02 Å². The van der Waals surface area contributed by atoms with Gasteiger partial charge in [0.15, 0.2) is 5.69 Å². The number of halogens is 1. The first kappa shape index (κ1) is 15.3. The van der Waals surface area contributed by atoms with E-state index in [4.69, 9.17) is 11.6 Å². The molecule has 0 unspecified atom stereocenters. The average Bonchev–Trinajstić information content (AvgIpc) is 3.01. The first-order chi connectivity index (χ1) is 11.1. The molecule has 0 aliphatic rings. The van der Waals surface area contributed by atoms with Crippen molar-refractivity contribution in [1.29, 1.82) is 0 Å². The number of carbonyl (C=O) groups is 1. The number of nitrogens with zero attached hydrogens (tertiary/aromatic N) is 2. The second kappa shape index (κ2) is 6.26. The van der Waals surface area contributed by atoms with Crippen molar-refractivity contribution in [3.8, 4) is 16.9 Å². The van der Waals surface area contributed by atoms with Gasteiger partial charge in [-0.2, -0.15) is 5.10 Å². The Morgan fingerprint density at radius 1 is 1.13 bits per heavy atom. The molecule has 3 rings (SSSR count). The minimum Gasteiger partial charge on any atom is -0.476 e. The van der Waals surface area contributed by atoms with Gasteiger partial charge in [-0.15, -0.1) is 0 Å². The normalized spacial score (nSPS) is 10.7. The SMILES string of the molecule is CCc1ccc(-c2cc(C(=O)O)nn2-c2ccc(Cl)cc2)cc1. The van der Waals surface area contributed by atoms with E-state index in [1.807, 2.05) is 36.4 Å². The Hall–Kier alpha value is -2.59.